The maximum atomic E-state index is 5.26. The number of hydrogen-bond donors (Lipinski definition) is 0. The fraction of sp³-hybridized carbons (Fsp3) is 0. The number of rotatable bonds is 5. The second kappa shape index (κ2) is 11.7. The van der Waals surface area contributed by atoms with Gasteiger partial charge >= 0.3 is 0 Å². The minimum atomic E-state index is 0.716. The molecular weight excluding hydrogens is 627 g/mol. The summed E-state index contributed by atoms with van der Waals surface area (Å²) in [7, 11) is 0. The molecule has 10 aromatic rings. The van der Waals surface area contributed by atoms with Crippen LogP contribution in [0.15, 0.2) is 176 Å². The van der Waals surface area contributed by atoms with Gasteiger partial charge < -0.3 is 4.57 Å². The molecule has 0 unspecified atom stereocenters. The highest BCUT2D eigenvalue weighted by Crippen LogP contribution is 2.38. The minimum absolute atomic E-state index is 0.716. The third-order valence-electron chi connectivity index (χ3n) is 9.59. The maximum absolute atomic E-state index is 5.26. The summed E-state index contributed by atoms with van der Waals surface area (Å²) in [5.74, 6) is 0.716. The average molecular weight is 656 g/mol. The molecular formula is C46H29N3S. The summed E-state index contributed by atoms with van der Waals surface area (Å²) in [6.45, 7) is 0. The summed E-state index contributed by atoms with van der Waals surface area (Å²) in [6.07, 6.45) is 0. The molecule has 0 saturated carbocycles. The van der Waals surface area contributed by atoms with Crippen molar-refractivity contribution in [2.24, 2.45) is 0 Å². The third-order valence-corrected chi connectivity index (χ3v) is 10.7. The Labute approximate surface area is 293 Å². The molecule has 0 atom stereocenters. The molecule has 50 heavy (non-hydrogen) atoms. The monoisotopic (exact) mass is 655 g/mol. The van der Waals surface area contributed by atoms with Crippen LogP contribution in [-0.2, 0) is 0 Å². The normalized spacial score (nSPS) is 11.6. The van der Waals surface area contributed by atoms with E-state index in [0.717, 1.165) is 38.6 Å². The number of fused-ring (bicyclic) bond motifs is 5. The average Bonchev–Trinajstić information content (AvgIpc) is 3.77. The van der Waals surface area contributed by atoms with Crippen molar-refractivity contribution in [2.75, 3.05) is 0 Å². The molecule has 7 aromatic carbocycles. The number of para-hydroxylation sites is 2. The highest BCUT2D eigenvalue weighted by atomic mass is 32.1. The van der Waals surface area contributed by atoms with Gasteiger partial charge in [0.1, 0.15) is 0 Å². The first kappa shape index (κ1) is 28.6. The molecule has 0 bridgehead atoms. The molecule has 0 aliphatic heterocycles. The van der Waals surface area contributed by atoms with Crippen molar-refractivity contribution in [1.82, 2.24) is 14.5 Å². The zero-order valence-corrected chi connectivity index (χ0v) is 27.8. The molecule has 0 aliphatic rings. The van der Waals surface area contributed by atoms with Crippen LogP contribution in [-0.4, -0.2) is 14.5 Å². The van der Waals surface area contributed by atoms with Gasteiger partial charge in [0.05, 0.1) is 27.3 Å². The van der Waals surface area contributed by atoms with Gasteiger partial charge in [0.15, 0.2) is 5.82 Å². The Balaban J connectivity index is 1.15. The number of thiophene rings is 1. The van der Waals surface area contributed by atoms with E-state index in [1.807, 2.05) is 0 Å². The molecule has 0 fully saturated rings. The Morgan fingerprint density at radius 1 is 0.400 bits per heavy atom. The van der Waals surface area contributed by atoms with Crippen molar-refractivity contribution in [2.45, 2.75) is 0 Å². The van der Waals surface area contributed by atoms with Gasteiger partial charge in [0.25, 0.3) is 0 Å². The molecule has 3 heterocycles. The largest absolute Gasteiger partial charge is 0.309 e. The predicted molar refractivity (Wildman–Crippen MR) is 211 cm³/mol. The Bertz CT molecular complexity index is 2830. The summed E-state index contributed by atoms with van der Waals surface area (Å²) in [5.41, 5.74) is 9.81. The van der Waals surface area contributed by atoms with Crippen molar-refractivity contribution in [3.8, 4) is 50.0 Å². The van der Waals surface area contributed by atoms with Crippen LogP contribution in [0.2, 0.25) is 0 Å². The molecule has 3 nitrogen and oxygen atoms in total. The van der Waals surface area contributed by atoms with Crippen LogP contribution in [0.3, 0.4) is 0 Å². The number of nitrogens with zero attached hydrogens (tertiary/aromatic N) is 3. The number of aromatic nitrogens is 3. The minimum Gasteiger partial charge on any atom is -0.309 e. The zero-order valence-electron chi connectivity index (χ0n) is 27.0. The summed E-state index contributed by atoms with van der Waals surface area (Å²) in [4.78, 5) is 11.6. The van der Waals surface area contributed by atoms with Gasteiger partial charge in [-0.15, -0.1) is 11.3 Å². The summed E-state index contributed by atoms with van der Waals surface area (Å²) in [6, 6.07) is 62.6. The van der Waals surface area contributed by atoms with E-state index in [0.29, 0.717) is 5.82 Å². The molecule has 4 heteroatoms. The quantitative estimate of drug-likeness (QED) is 0.185. The predicted octanol–water partition coefficient (Wildman–Crippen LogP) is 12.6. The first-order chi connectivity index (χ1) is 24.7. The highest BCUT2D eigenvalue weighted by Gasteiger charge is 2.17. The lowest BCUT2D eigenvalue weighted by molar-refractivity contribution is 1.17. The molecule has 0 radical (unpaired) electrons. The van der Waals surface area contributed by atoms with Gasteiger partial charge in [-0.1, -0.05) is 109 Å². The van der Waals surface area contributed by atoms with Crippen molar-refractivity contribution in [1.29, 1.82) is 0 Å². The number of hydrogen-bond acceptors (Lipinski definition) is 3. The number of benzene rings is 7. The van der Waals surface area contributed by atoms with E-state index in [-0.39, 0.29) is 0 Å². The SMILES string of the molecule is c1ccc(-c2ccc3cc(-c4cc(-c5cc6ccccc6s5)nc(-c5ccc6c(c5)c5ccccc5n6-c5ccccc5)n4)ccc3c2)cc1. The van der Waals surface area contributed by atoms with E-state index >= 15 is 0 Å². The van der Waals surface area contributed by atoms with E-state index < -0.39 is 0 Å². The second-order valence-electron chi connectivity index (χ2n) is 12.7. The van der Waals surface area contributed by atoms with E-state index in [1.165, 1.54) is 48.3 Å². The molecule has 3 aromatic heterocycles. The van der Waals surface area contributed by atoms with E-state index in [4.69, 9.17) is 9.97 Å². The van der Waals surface area contributed by atoms with Gasteiger partial charge in [0.2, 0.25) is 0 Å². The van der Waals surface area contributed by atoms with Crippen LogP contribution in [0.5, 0.6) is 0 Å². The molecule has 234 valence electrons. The fourth-order valence-electron chi connectivity index (χ4n) is 7.14. The Hall–Kier alpha value is -6.36. The fourth-order valence-corrected chi connectivity index (χ4v) is 8.16. The third kappa shape index (κ3) is 4.89. The molecule has 0 saturated heterocycles. The Morgan fingerprint density at radius 3 is 1.90 bits per heavy atom. The maximum Gasteiger partial charge on any atom is 0.160 e. The summed E-state index contributed by atoms with van der Waals surface area (Å²) >= 11 is 1.77. The summed E-state index contributed by atoms with van der Waals surface area (Å²) < 4.78 is 3.59. The molecule has 0 amide bonds. The van der Waals surface area contributed by atoms with Crippen LogP contribution < -0.4 is 0 Å². The Morgan fingerprint density at radius 2 is 1.06 bits per heavy atom. The van der Waals surface area contributed by atoms with E-state index in [2.05, 4.69) is 180 Å². The van der Waals surface area contributed by atoms with Crippen molar-refractivity contribution in [3.63, 3.8) is 0 Å². The van der Waals surface area contributed by atoms with Gasteiger partial charge in [-0.2, -0.15) is 0 Å². The molecule has 0 spiro atoms. The van der Waals surface area contributed by atoms with Gasteiger partial charge in [-0.05, 0) is 94.0 Å². The van der Waals surface area contributed by atoms with Crippen LogP contribution in [0, 0.1) is 0 Å². The zero-order chi connectivity index (χ0) is 33.0. The highest BCUT2D eigenvalue weighted by molar-refractivity contribution is 7.22. The smallest absolute Gasteiger partial charge is 0.160 e. The molecule has 10 rings (SSSR count). The second-order valence-corrected chi connectivity index (χ2v) is 13.8. The first-order valence-electron chi connectivity index (χ1n) is 16.8. The lowest BCUT2D eigenvalue weighted by atomic mass is 9.99. The van der Waals surface area contributed by atoms with Crippen LogP contribution in [0.25, 0.3) is 92.7 Å². The van der Waals surface area contributed by atoms with Crippen molar-refractivity contribution < 1.29 is 0 Å². The standard InChI is InChI=1S/C46H29N3S/c1-3-11-30(12-4-1)31-19-20-33-26-34(22-21-32(33)25-31)40-29-41(45-28-35-13-7-10-18-44(35)50-45)48-46(47-40)36-23-24-43-39(27-36)38-16-8-9-17-42(38)49(43)37-14-5-2-6-15-37/h1-29H. The van der Waals surface area contributed by atoms with Crippen molar-refractivity contribution in [3.05, 3.63) is 176 Å². The summed E-state index contributed by atoms with van der Waals surface area (Å²) in [5, 5.41) is 6.00. The van der Waals surface area contributed by atoms with E-state index in [9.17, 15) is 0 Å². The van der Waals surface area contributed by atoms with E-state index in [1.54, 1.807) is 11.3 Å². The first-order valence-corrected chi connectivity index (χ1v) is 17.6. The van der Waals surface area contributed by atoms with Crippen LogP contribution in [0.1, 0.15) is 0 Å². The van der Waals surface area contributed by atoms with Crippen LogP contribution in [0.4, 0.5) is 0 Å². The van der Waals surface area contributed by atoms with Gasteiger partial charge in [-0.3, -0.25) is 0 Å². The van der Waals surface area contributed by atoms with Gasteiger partial charge in [-0.25, -0.2) is 9.97 Å². The van der Waals surface area contributed by atoms with Crippen molar-refractivity contribution >= 4 is 54.0 Å². The Kier molecular flexibility index (Phi) is 6.68. The van der Waals surface area contributed by atoms with Gasteiger partial charge in [0, 0.05) is 32.3 Å². The lowest BCUT2D eigenvalue weighted by Gasteiger charge is -2.11. The lowest BCUT2D eigenvalue weighted by Crippen LogP contribution is -1.96. The molecule has 0 aliphatic carbocycles. The topological polar surface area (TPSA) is 30.7 Å². The van der Waals surface area contributed by atoms with Crippen LogP contribution >= 0.6 is 11.3 Å². The molecule has 0 N–H and O–H groups in total.